The largest absolute Gasteiger partial charge is 0.378 e. The fourth-order valence-electron chi connectivity index (χ4n) is 3.63. The lowest BCUT2D eigenvalue weighted by Crippen LogP contribution is -2.42. The Hall–Kier alpha value is -2.35. The van der Waals surface area contributed by atoms with Gasteiger partial charge < -0.3 is 9.64 Å². The summed E-state index contributed by atoms with van der Waals surface area (Å²) in [6.07, 6.45) is 0.779. The highest BCUT2D eigenvalue weighted by molar-refractivity contribution is 8.00. The highest BCUT2D eigenvalue weighted by Crippen LogP contribution is 2.36. The number of thioether (sulfide) groups is 1. The Morgan fingerprint density at radius 2 is 1.94 bits per heavy atom. The van der Waals surface area contributed by atoms with Gasteiger partial charge in [0, 0.05) is 24.7 Å². The van der Waals surface area contributed by atoms with Gasteiger partial charge in [-0.3, -0.25) is 14.2 Å². The summed E-state index contributed by atoms with van der Waals surface area (Å²) in [5.74, 6) is 0.00277. The number of carbonyl (C=O) groups excluding carboxylic acids is 1. The SMILES string of the molecule is CCCn1c(S[C@@H](C(=O)N2CCOCC2)c2ccccc2)nc2cc(Cl)ccc2c1=O. The van der Waals surface area contributed by atoms with Crippen LogP contribution >= 0.6 is 23.4 Å². The highest BCUT2D eigenvalue weighted by Gasteiger charge is 2.30. The lowest BCUT2D eigenvalue weighted by Gasteiger charge is -2.30. The van der Waals surface area contributed by atoms with E-state index < -0.39 is 5.25 Å². The molecule has 4 rings (SSSR count). The number of halogens is 1. The van der Waals surface area contributed by atoms with Crippen LogP contribution in [0.1, 0.15) is 24.2 Å². The van der Waals surface area contributed by atoms with Crippen molar-refractivity contribution in [1.82, 2.24) is 14.5 Å². The number of hydrogen-bond acceptors (Lipinski definition) is 5. The van der Waals surface area contributed by atoms with E-state index in [9.17, 15) is 9.59 Å². The minimum absolute atomic E-state index is 0.00277. The van der Waals surface area contributed by atoms with Gasteiger partial charge in [0.15, 0.2) is 5.16 Å². The molecule has 1 fully saturated rings. The van der Waals surface area contributed by atoms with Crippen LogP contribution in [-0.4, -0.2) is 46.7 Å². The summed E-state index contributed by atoms with van der Waals surface area (Å²) in [5.41, 5.74) is 1.31. The second kappa shape index (κ2) is 9.85. The van der Waals surface area contributed by atoms with Crippen LogP contribution in [0.25, 0.3) is 10.9 Å². The van der Waals surface area contributed by atoms with Crippen LogP contribution in [-0.2, 0) is 16.1 Å². The maximum atomic E-state index is 13.5. The molecule has 8 heteroatoms. The summed E-state index contributed by atoms with van der Waals surface area (Å²) in [4.78, 5) is 33.3. The summed E-state index contributed by atoms with van der Waals surface area (Å²) in [6.45, 7) is 4.73. The van der Waals surface area contributed by atoms with Crippen LogP contribution in [0.4, 0.5) is 0 Å². The molecule has 0 unspecified atom stereocenters. The van der Waals surface area contributed by atoms with E-state index in [0.29, 0.717) is 53.9 Å². The van der Waals surface area contributed by atoms with E-state index in [1.54, 1.807) is 22.8 Å². The Morgan fingerprint density at radius 1 is 1.19 bits per heavy atom. The van der Waals surface area contributed by atoms with Gasteiger partial charge in [0.1, 0.15) is 5.25 Å². The Bertz CT molecular complexity index is 1130. The van der Waals surface area contributed by atoms with Crippen LogP contribution in [0.3, 0.4) is 0 Å². The molecule has 0 radical (unpaired) electrons. The van der Waals surface area contributed by atoms with E-state index in [1.807, 2.05) is 42.2 Å². The van der Waals surface area contributed by atoms with Crippen LogP contribution < -0.4 is 5.56 Å². The van der Waals surface area contributed by atoms with E-state index >= 15 is 0 Å². The third kappa shape index (κ3) is 4.79. The first-order valence-corrected chi connectivity index (χ1v) is 11.6. The van der Waals surface area contributed by atoms with Gasteiger partial charge in [-0.05, 0) is 30.2 Å². The third-order valence-corrected chi connectivity index (χ3v) is 6.67. The number of amides is 1. The zero-order valence-electron chi connectivity index (χ0n) is 17.3. The van der Waals surface area contributed by atoms with Crippen molar-refractivity contribution in [1.29, 1.82) is 0 Å². The number of ether oxygens (including phenoxy) is 1. The normalized spacial score (nSPS) is 15.2. The number of hydrogen-bond donors (Lipinski definition) is 0. The maximum Gasteiger partial charge on any atom is 0.262 e. The predicted octanol–water partition coefficient (Wildman–Crippen LogP) is 4.15. The van der Waals surface area contributed by atoms with E-state index in [-0.39, 0.29) is 11.5 Å². The van der Waals surface area contributed by atoms with E-state index in [0.717, 1.165) is 12.0 Å². The third-order valence-electron chi connectivity index (χ3n) is 5.20. The van der Waals surface area contributed by atoms with Crippen molar-refractivity contribution in [3.63, 3.8) is 0 Å². The molecule has 0 bridgehead atoms. The Morgan fingerprint density at radius 3 is 2.65 bits per heavy atom. The standard InChI is InChI=1S/C23H24ClN3O3S/c1-2-10-27-21(28)18-9-8-17(24)15-19(18)25-23(27)31-20(16-6-4-3-5-7-16)22(29)26-11-13-30-14-12-26/h3-9,15,20H,2,10-14H2,1H3/t20-/m1/s1. The molecule has 1 aliphatic rings. The van der Waals surface area contributed by atoms with Gasteiger partial charge in [-0.1, -0.05) is 60.6 Å². The first-order chi connectivity index (χ1) is 15.1. The fraction of sp³-hybridized carbons (Fsp3) is 0.348. The second-order valence-corrected chi connectivity index (χ2v) is 8.87. The van der Waals surface area contributed by atoms with Gasteiger partial charge in [-0.25, -0.2) is 4.98 Å². The molecule has 162 valence electrons. The lowest BCUT2D eigenvalue weighted by atomic mass is 10.1. The van der Waals surface area contributed by atoms with Crippen LogP contribution in [0.2, 0.25) is 5.02 Å². The molecule has 0 aliphatic carbocycles. The zero-order valence-corrected chi connectivity index (χ0v) is 18.9. The summed E-state index contributed by atoms with van der Waals surface area (Å²) in [7, 11) is 0. The molecule has 6 nitrogen and oxygen atoms in total. The van der Waals surface area contributed by atoms with Crippen molar-refractivity contribution in [3.05, 3.63) is 69.5 Å². The predicted molar refractivity (Wildman–Crippen MR) is 124 cm³/mol. The van der Waals surface area contributed by atoms with Gasteiger partial charge >= 0.3 is 0 Å². The number of aromatic nitrogens is 2. The fourth-order valence-corrected chi connectivity index (χ4v) is 5.00. The van der Waals surface area contributed by atoms with Crippen molar-refractivity contribution in [2.24, 2.45) is 0 Å². The van der Waals surface area contributed by atoms with Crippen molar-refractivity contribution in [2.75, 3.05) is 26.3 Å². The van der Waals surface area contributed by atoms with E-state index in [1.165, 1.54) is 11.8 Å². The molecule has 1 amide bonds. The van der Waals surface area contributed by atoms with Crippen molar-refractivity contribution in [3.8, 4) is 0 Å². The molecule has 1 aliphatic heterocycles. The number of rotatable bonds is 6. The number of benzene rings is 2. The summed E-state index contributed by atoms with van der Waals surface area (Å²) < 4.78 is 7.08. The summed E-state index contributed by atoms with van der Waals surface area (Å²) in [5, 5.41) is 1.06. The Labute approximate surface area is 190 Å². The molecular formula is C23H24ClN3O3S. The molecule has 1 atom stereocenters. The van der Waals surface area contributed by atoms with E-state index in [2.05, 4.69) is 0 Å². The average molecular weight is 458 g/mol. The first kappa shape index (κ1) is 21.9. The number of nitrogens with zero attached hydrogens (tertiary/aromatic N) is 3. The molecule has 2 heterocycles. The smallest absolute Gasteiger partial charge is 0.262 e. The quantitative estimate of drug-likeness (QED) is 0.411. The summed E-state index contributed by atoms with van der Waals surface area (Å²) in [6, 6.07) is 14.7. The number of carbonyl (C=O) groups is 1. The minimum Gasteiger partial charge on any atom is -0.378 e. The molecule has 0 spiro atoms. The van der Waals surface area contributed by atoms with Gasteiger partial charge in [0.2, 0.25) is 5.91 Å². The Kier molecular flexibility index (Phi) is 6.95. The van der Waals surface area contributed by atoms with Crippen LogP contribution in [0.15, 0.2) is 58.5 Å². The van der Waals surface area contributed by atoms with Crippen LogP contribution in [0.5, 0.6) is 0 Å². The monoisotopic (exact) mass is 457 g/mol. The van der Waals surface area contributed by atoms with Crippen LogP contribution in [0, 0.1) is 0 Å². The lowest BCUT2D eigenvalue weighted by molar-refractivity contribution is -0.134. The molecule has 0 saturated carbocycles. The summed E-state index contributed by atoms with van der Waals surface area (Å²) >= 11 is 7.47. The molecule has 31 heavy (non-hydrogen) atoms. The van der Waals surface area contributed by atoms with Gasteiger partial charge in [0.05, 0.1) is 24.1 Å². The second-order valence-electron chi connectivity index (χ2n) is 7.36. The molecule has 3 aromatic rings. The molecule has 2 aromatic carbocycles. The molecule has 1 saturated heterocycles. The topological polar surface area (TPSA) is 64.4 Å². The molecule has 0 N–H and O–H groups in total. The van der Waals surface area contributed by atoms with Gasteiger partial charge in [0.25, 0.3) is 5.56 Å². The molecular weight excluding hydrogens is 434 g/mol. The molecule has 1 aromatic heterocycles. The number of fused-ring (bicyclic) bond motifs is 1. The van der Waals surface area contributed by atoms with Crippen molar-refractivity contribution >= 4 is 40.2 Å². The van der Waals surface area contributed by atoms with Gasteiger partial charge in [-0.2, -0.15) is 0 Å². The maximum absolute atomic E-state index is 13.5. The zero-order chi connectivity index (χ0) is 21.8. The van der Waals surface area contributed by atoms with Gasteiger partial charge in [-0.15, -0.1) is 0 Å². The highest BCUT2D eigenvalue weighted by atomic mass is 35.5. The number of morpholine rings is 1. The first-order valence-electron chi connectivity index (χ1n) is 10.4. The average Bonchev–Trinajstić information content (AvgIpc) is 2.80. The van der Waals surface area contributed by atoms with Crippen molar-refractivity contribution < 1.29 is 9.53 Å². The van der Waals surface area contributed by atoms with E-state index in [4.69, 9.17) is 21.3 Å². The van der Waals surface area contributed by atoms with Crippen molar-refractivity contribution in [2.45, 2.75) is 30.3 Å². The minimum atomic E-state index is -0.508. The Balaban J connectivity index is 1.79.